The number of hydrogen-bond donors (Lipinski definition) is 0. The summed E-state index contributed by atoms with van der Waals surface area (Å²) in [4.78, 5) is 24.6. The molecule has 0 aliphatic heterocycles. The SMILES string of the molecule is C=C(C)C(C)(COC(=O)c1ccc(Br)cc1)OC(=O)c1ccc(Br)cc1. The van der Waals surface area contributed by atoms with Crippen molar-refractivity contribution in [3.63, 3.8) is 0 Å². The Morgan fingerprint density at radius 2 is 1.35 bits per heavy atom. The first-order chi connectivity index (χ1) is 12.2. The lowest BCUT2D eigenvalue weighted by Gasteiger charge is -2.29. The Morgan fingerprint density at radius 1 is 0.923 bits per heavy atom. The maximum absolute atomic E-state index is 12.4. The highest BCUT2D eigenvalue weighted by Gasteiger charge is 2.32. The molecule has 2 aromatic carbocycles. The Labute approximate surface area is 169 Å². The number of rotatable bonds is 6. The maximum atomic E-state index is 12.4. The molecule has 0 saturated carbocycles. The Kier molecular flexibility index (Phi) is 6.78. The van der Waals surface area contributed by atoms with Gasteiger partial charge in [-0.15, -0.1) is 0 Å². The number of carbonyl (C=O) groups is 2. The molecule has 136 valence electrons. The quantitative estimate of drug-likeness (QED) is 0.400. The predicted octanol–water partition coefficient (Wildman–Crippen LogP) is 5.56. The summed E-state index contributed by atoms with van der Waals surface area (Å²) in [6.07, 6.45) is 0. The van der Waals surface area contributed by atoms with E-state index >= 15 is 0 Å². The van der Waals surface area contributed by atoms with Gasteiger partial charge in [-0.25, -0.2) is 9.59 Å². The zero-order chi connectivity index (χ0) is 19.3. The minimum atomic E-state index is -1.13. The van der Waals surface area contributed by atoms with Gasteiger partial charge in [-0.1, -0.05) is 38.4 Å². The smallest absolute Gasteiger partial charge is 0.339 e. The second-order valence-electron chi connectivity index (χ2n) is 5.99. The number of hydrogen-bond acceptors (Lipinski definition) is 4. The van der Waals surface area contributed by atoms with Crippen LogP contribution in [0.3, 0.4) is 0 Å². The van der Waals surface area contributed by atoms with Gasteiger partial charge in [0.05, 0.1) is 11.1 Å². The molecule has 0 N–H and O–H groups in total. The summed E-state index contributed by atoms with van der Waals surface area (Å²) in [7, 11) is 0. The van der Waals surface area contributed by atoms with E-state index in [-0.39, 0.29) is 6.61 Å². The van der Waals surface area contributed by atoms with Gasteiger partial charge in [0.1, 0.15) is 6.61 Å². The summed E-state index contributed by atoms with van der Waals surface area (Å²) in [5.41, 5.74) is 0.262. The standard InChI is InChI=1S/C20H18Br2O4/c1-13(2)20(3,26-19(24)15-6-10-17(22)11-7-15)12-25-18(23)14-4-8-16(21)9-5-14/h4-11H,1,12H2,2-3H3. The lowest BCUT2D eigenvalue weighted by atomic mass is 9.99. The Hall–Kier alpha value is -1.92. The van der Waals surface area contributed by atoms with Gasteiger partial charge in [-0.2, -0.15) is 0 Å². The van der Waals surface area contributed by atoms with Crippen molar-refractivity contribution in [2.45, 2.75) is 19.4 Å². The minimum absolute atomic E-state index is 0.125. The fourth-order valence-electron chi connectivity index (χ4n) is 1.96. The molecule has 2 rings (SSSR count). The largest absolute Gasteiger partial charge is 0.457 e. The average Bonchev–Trinajstić information content (AvgIpc) is 2.60. The first kappa shape index (κ1) is 20.4. The first-order valence-electron chi connectivity index (χ1n) is 7.79. The van der Waals surface area contributed by atoms with Crippen molar-refractivity contribution in [3.8, 4) is 0 Å². The highest BCUT2D eigenvalue weighted by Crippen LogP contribution is 2.23. The first-order valence-corrected chi connectivity index (χ1v) is 9.37. The van der Waals surface area contributed by atoms with Gasteiger partial charge in [-0.3, -0.25) is 0 Å². The molecule has 26 heavy (non-hydrogen) atoms. The summed E-state index contributed by atoms with van der Waals surface area (Å²) in [6, 6.07) is 13.6. The van der Waals surface area contributed by atoms with Gasteiger partial charge in [0, 0.05) is 8.95 Å². The normalized spacial score (nSPS) is 12.8. The number of esters is 2. The zero-order valence-corrected chi connectivity index (χ0v) is 17.6. The fourth-order valence-corrected chi connectivity index (χ4v) is 2.49. The second kappa shape index (κ2) is 8.64. The summed E-state index contributed by atoms with van der Waals surface area (Å²) >= 11 is 6.63. The van der Waals surface area contributed by atoms with Crippen LogP contribution in [0, 0.1) is 0 Å². The van der Waals surface area contributed by atoms with Crippen LogP contribution < -0.4 is 0 Å². The van der Waals surface area contributed by atoms with Crippen LogP contribution in [0.4, 0.5) is 0 Å². The lowest BCUT2D eigenvalue weighted by molar-refractivity contribution is -0.0286. The van der Waals surface area contributed by atoms with Crippen molar-refractivity contribution < 1.29 is 19.1 Å². The van der Waals surface area contributed by atoms with E-state index < -0.39 is 17.5 Å². The van der Waals surface area contributed by atoms with Crippen LogP contribution >= 0.6 is 31.9 Å². The minimum Gasteiger partial charge on any atom is -0.457 e. The van der Waals surface area contributed by atoms with Gasteiger partial charge in [-0.05, 0) is 68.0 Å². The molecule has 0 saturated heterocycles. The number of carbonyl (C=O) groups excluding carboxylic acids is 2. The summed E-state index contributed by atoms with van der Waals surface area (Å²) in [6.45, 7) is 7.13. The zero-order valence-electron chi connectivity index (χ0n) is 14.4. The van der Waals surface area contributed by atoms with E-state index in [0.717, 1.165) is 8.95 Å². The van der Waals surface area contributed by atoms with Crippen LogP contribution in [-0.2, 0) is 9.47 Å². The Balaban J connectivity index is 2.07. The van der Waals surface area contributed by atoms with Crippen LogP contribution in [0.15, 0.2) is 69.6 Å². The molecular weight excluding hydrogens is 464 g/mol. The maximum Gasteiger partial charge on any atom is 0.339 e. The van der Waals surface area contributed by atoms with Crippen molar-refractivity contribution in [2.24, 2.45) is 0 Å². The van der Waals surface area contributed by atoms with Gasteiger partial charge < -0.3 is 9.47 Å². The monoisotopic (exact) mass is 480 g/mol. The van der Waals surface area contributed by atoms with Crippen LogP contribution in [-0.4, -0.2) is 24.1 Å². The van der Waals surface area contributed by atoms with Crippen LogP contribution in [0.5, 0.6) is 0 Å². The van der Waals surface area contributed by atoms with E-state index in [0.29, 0.717) is 16.7 Å². The highest BCUT2D eigenvalue weighted by atomic mass is 79.9. The van der Waals surface area contributed by atoms with Gasteiger partial charge in [0.15, 0.2) is 5.60 Å². The molecule has 0 fully saturated rings. The van der Waals surface area contributed by atoms with Crippen molar-refractivity contribution in [2.75, 3.05) is 6.61 Å². The summed E-state index contributed by atoms with van der Waals surface area (Å²) in [5, 5.41) is 0. The molecule has 0 heterocycles. The molecule has 1 atom stereocenters. The van der Waals surface area contributed by atoms with Crippen molar-refractivity contribution in [3.05, 3.63) is 80.8 Å². The van der Waals surface area contributed by atoms with E-state index in [2.05, 4.69) is 38.4 Å². The molecule has 0 aromatic heterocycles. The molecule has 4 nitrogen and oxygen atoms in total. The average molecular weight is 482 g/mol. The molecule has 2 aromatic rings. The van der Waals surface area contributed by atoms with Crippen molar-refractivity contribution in [1.29, 1.82) is 0 Å². The van der Waals surface area contributed by atoms with E-state index in [1.165, 1.54) is 0 Å². The van der Waals surface area contributed by atoms with Crippen molar-refractivity contribution >= 4 is 43.8 Å². The topological polar surface area (TPSA) is 52.6 Å². The molecule has 0 radical (unpaired) electrons. The molecule has 0 aliphatic carbocycles. The van der Waals surface area contributed by atoms with Crippen LogP contribution in [0.2, 0.25) is 0 Å². The third-order valence-corrected chi connectivity index (χ3v) is 4.92. The third-order valence-electron chi connectivity index (χ3n) is 3.86. The molecule has 1 unspecified atom stereocenters. The molecule has 0 amide bonds. The second-order valence-corrected chi connectivity index (χ2v) is 7.82. The Morgan fingerprint density at radius 3 is 1.77 bits per heavy atom. The van der Waals surface area contributed by atoms with Gasteiger partial charge in [0.2, 0.25) is 0 Å². The summed E-state index contributed by atoms with van der Waals surface area (Å²) in [5.74, 6) is -1.01. The van der Waals surface area contributed by atoms with E-state index in [1.807, 2.05) is 0 Å². The number of ether oxygens (including phenoxy) is 2. The Bertz CT molecular complexity index is 813. The van der Waals surface area contributed by atoms with E-state index in [1.54, 1.807) is 62.4 Å². The fraction of sp³-hybridized carbons (Fsp3) is 0.200. The van der Waals surface area contributed by atoms with Crippen molar-refractivity contribution in [1.82, 2.24) is 0 Å². The van der Waals surface area contributed by atoms with Crippen LogP contribution in [0.25, 0.3) is 0 Å². The number of benzene rings is 2. The molecule has 0 bridgehead atoms. The molecule has 0 spiro atoms. The highest BCUT2D eigenvalue weighted by molar-refractivity contribution is 9.10. The van der Waals surface area contributed by atoms with Gasteiger partial charge >= 0.3 is 11.9 Å². The summed E-state index contributed by atoms with van der Waals surface area (Å²) < 4.78 is 12.7. The predicted molar refractivity (Wildman–Crippen MR) is 107 cm³/mol. The van der Waals surface area contributed by atoms with E-state index in [9.17, 15) is 9.59 Å². The lowest BCUT2D eigenvalue weighted by Crippen LogP contribution is -2.38. The van der Waals surface area contributed by atoms with E-state index in [4.69, 9.17) is 9.47 Å². The van der Waals surface area contributed by atoms with Gasteiger partial charge in [0.25, 0.3) is 0 Å². The third kappa shape index (κ3) is 5.29. The van der Waals surface area contributed by atoms with Crippen LogP contribution in [0.1, 0.15) is 34.6 Å². The molecular formula is C20H18Br2O4. The number of halogens is 2. The molecule has 6 heteroatoms. The molecule has 0 aliphatic rings.